The van der Waals surface area contributed by atoms with Crippen molar-refractivity contribution in [3.05, 3.63) is 137 Å². The molecule has 1 unspecified atom stereocenters. The number of aromatic nitrogens is 1. The summed E-state index contributed by atoms with van der Waals surface area (Å²) < 4.78 is 8.75. The summed E-state index contributed by atoms with van der Waals surface area (Å²) in [5.41, 5.74) is 13.4. The fraction of sp³-hybridized carbons (Fsp3) is 0.295. The molecule has 6 rings (SSSR count). The van der Waals surface area contributed by atoms with E-state index in [1.165, 1.54) is 33.2 Å². The molecular weight excluding hydrogens is 558 g/mol. The number of fused-ring (bicyclic) bond motifs is 3. The second kappa shape index (κ2) is 16.7. The first kappa shape index (κ1) is 34.4. The Balaban J connectivity index is 0.00000116. The van der Waals surface area contributed by atoms with Crippen molar-refractivity contribution >= 4 is 21.8 Å². The molecule has 0 N–H and O–H groups in total. The van der Waals surface area contributed by atoms with E-state index in [0.29, 0.717) is 5.92 Å². The van der Waals surface area contributed by atoms with Gasteiger partial charge in [-0.25, -0.2) is 0 Å². The van der Waals surface area contributed by atoms with Crippen LogP contribution in [0.15, 0.2) is 121 Å². The second-order valence-electron chi connectivity index (χ2n) is 11.4. The van der Waals surface area contributed by atoms with Crippen LogP contribution in [0.3, 0.4) is 0 Å². The first-order valence-corrected chi connectivity index (χ1v) is 17.2. The van der Waals surface area contributed by atoms with Crippen molar-refractivity contribution in [3.63, 3.8) is 0 Å². The minimum atomic E-state index is 0.485. The zero-order valence-corrected chi connectivity index (χ0v) is 29.2. The second-order valence-corrected chi connectivity index (χ2v) is 11.4. The number of rotatable bonds is 10. The van der Waals surface area contributed by atoms with Gasteiger partial charge in [-0.15, -0.1) is 0 Å². The molecular formula is C44H51NO. The highest BCUT2D eigenvalue weighted by Crippen LogP contribution is 2.41. The molecule has 0 saturated carbocycles. The number of hydrogen-bond acceptors (Lipinski definition) is 1. The number of benzene rings is 4. The Labute approximate surface area is 277 Å². The Morgan fingerprint density at radius 1 is 0.870 bits per heavy atom. The van der Waals surface area contributed by atoms with E-state index in [-0.39, 0.29) is 0 Å². The van der Waals surface area contributed by atoms with E-state index in [9.17, 15) is 0 Å². The Morgan fingerprint density at radius 2 is 1.61 bits per heavy atom. The quantitative estimate of drug-likeness (QED) is 0.113. The third-order valence-electron chi connectivity index (χ3n) is 8.26. The summed E-state index contributed by atoms with van der Waals surface area (Å²) in [5.74, 6) is 2.32. The lowest BCUT2D eigenvalue weighted by Crippen LogP contribution is -2.03. The molecule has 0 saturated heterocycles. The van der Waals surface area contributed by atoms with Crippen LogP contribution in [0.4, 0.5) is 0 Å². The number of ether oxygens (including phenoxy) is 1. The highest BCUT2D eigenvalue weighted by Gasteiger charge is 2.19. The monoisotopic (exact) mass is 609 g/mol. The van der Waals surface area contributed by atoms with Crippen LogP contribution in [0.1, 0.15) is 78.0 Å². The number of hydrogen-bond donors (Lipinski definition) is 0. The zero-order valence-electron chi connectivity index (χ0n) is 29.2. The maximum atomic E-state index is 6.38. The first-order chi connectivity index (χ1) is 22.6. The minimum absolute atomic E-state index is 0.485. The summed E-state index contributed by atoms with van der Waals surface area (Å²) in [5, 5.41) is 2.36. The summed E-state index contributed by atoms with van der Waals surface area (Å²) >= 11 is 0. The average molecular weight is 610 g/mol. The van der Waals surface area contributed by atoms with Crippen LogP contribution in [0.5, 0.6) is 5.75 Å². The van der Waals surface area contributed by atoms with Crippen molar-refractivity contribution < 1.29 is 4.74 Å². The van der Waals surface area contributed by atoms with E-state index in [4.69, 9.17) is 4.74 Å². The van der Waals surface area contributed by atoms with E-state index in [1.807, 2.05) is 33.8 Å². The molecule has 1 aliphatic carbocycles. The number of allylic oxidation sites excluding steroid dienone is 4. The highest BCUT2D eigenvalue weighted by molar-refractivity contribution is 6.12. The van der Waals surface area contributed by atoms with Gasteiger partial charge in [0.05, 0.1) is 16.4 Å². The van der Waals surface area contributed by atoms with E-state index >= 15 is 0 Å². The predicted octanol–water partition coefficient (Wildman–Crippen LogP) is 12.9. The summed E-state index contributed by atoms with van der Waals surface area (Å²) in [4.78, 5) is 0. The van der Waals surface area contributed by atoms with Crippen LogP contribution in [0.25, 0.3) is 38.6 Å². The third kappa shape index (κ3) is 7.30. The van der Waals surface area contributed by atoms with Crippen molar-refractivity contribution in [1.29, 1.82) is 0 Å². The van der Waals surface area contributed by atoms with Gasteiger partial charge >= 0.3 is 0 Å². The fourth-order valence-corrected chi connectivity index (χ4v) is 6.13. The molecule has 5 aromatic rings. The van der Waals surface area contributed by atoms with Gasteiger partial charge in [0.15, 0.2) is 5.76 Å². The molecule has 1 atom stereocenters. The molecule has 1 heterocycles. The van der Waals surface area contributed by atoms with Crippen LogP contribution >= 0.6 is 0 Å². The van der Waals surface area contributed by atoms with E-state index < -0.39 is 0 Å². The largest absolute Gasteiger partial charge is 0.452 e. The molecule has 1 aromatic heterocycles. The van der Waals surface area contributed by atoms with Gasteiger partial charge in [-0.3, -0.25) is 0 Å². The van der Waals surface area contributed by atoms with Crippen LogP contribution in [-0.4, -0.2) is 4.57 Å². The molecule has 2 heteroatoms. The Hall–Kier alpha value is -4.52. The summed E-state index contributed by atoms with van der Waals surface area (Å²) in [6.45, 7) is 16.8. The van der Waals surface area contributed by atoms with Gasteiger partial charge in [0, 0.05) is 17.5 Å². The molecule has 0 bridgehead atoms. The van der Waals surface area contributed by atoms with Crippen molar-refractivity contribution in [3.8, 4) is 22.6 Å². The average Bonchev–Trinajstić information content (AvgIpc) is 3.41. The van der Waals surface area contributed by atoms with Crippen molar-refractivity contribution in [2.45, 2.75) is 81.1 Å². The Kier molecular flexibility index (Phi) is 12.5. The van der Waals surface area contributed by atoms with Crippen LogP contribution < -0.4 is 4.74 Å². The third-order valence-corrected chi connectivity index (χ3v) is 8.26. The smallest absolute Gasteiger partial charge is 0.150 e. The van der Waals surface area contributed by atoms with Gasteiger partial charge in [0.2, 0.25) is 0 Å². The van der Waals surface area contributed by atoms with Crippen molar-refractivity contribution in [2.75, 3.05) is 0 Å². The summed E-state index contributed by atoms with van der Waals surface area (Å²) in [6.07, 6.45) is 14.8. The molecule has 0 radical (unpaired) electrons. The molecule has 238 valence electrons. The number of aryl methyl sites for hydroxylation is 1. The maximum absolute atomic E-state index is 6.38. The molecule has 0 fully saturated rings. The summed E-state index contributed by atoms with van der Waals surface area (Å²) in [7, 11) is 0. The SMILES string of the molecule is C/C=C\C=C/C(C)Cc1cccc(-c2ccc(-n3c4ccccc4c4c(OC5=C=CC5)c(C)ccc43)cc2)c1CCC.CC.CC. The first-order valence-electron chi connectivity index (χ1n) is 17.2. The van der Waals surface area contributed by atoms with Gasteiger partial charge in [0.25, 0.3) is 0 Å². The van der Waals surface area contributed by atoms with Crippen molar-refractivity contribution in [1.82, 2.24) is 4.57 Å². The predicted molar refractivity (Wildman–Crippen MR) is 201 cm³/mol. The topological polar surface area (TPSA) is 14.2 Å². The van der Waals surface area contributed by atoms with E-state index in [1.54, 1.807) is 0 Å². The van der Waals surface area contributed by atoms with Crippen LogP contribution in [0.2, 0.25) is 0 Å². The fourth-order valence-electron chi connectivity index (χ4n) is 6.13. The molecule has 0 aliphatic heterocycles. The Bertz CT molecular complexity index is 1870. The van der Waals surface area contributed by atoms with Gasteiger partial charge < -0.3 is 9.30 Å². The highest BCUT2D eigenvalue weighted by atomic mass is 16.5. The lowest BCUT2D eigenvalue weighted by atomic mass is 9.88. The Morgan fingerprint density at radius 3 is 2.28 bits per heavy atom. The molecule has 1 aliphatic rings. The molecule has 0 spiro atoms. The van der Waals surface area contributed by atoms with Gasteiger partial charge in [0.1, 0.15) is 5.75 Å². The van der Waals surface area contributed by atoms with Crippen LogP contribution in [-0.2, 0) is 12.8 Å². The molecule has 4 aromatic carbocycles. The minimum Gasteiger partial charge on any atom is -0.452 e. The van der Waals surface area contributed by atoms with Crippen LogP contribution in [0, 0.1) is 12.8 Å². The number of nitrogens with zero attached hydrogens (tertiary/aromatic N) is 1. The number of para-hydroxylation sites is 1. The van der Waals surface area contributed by atoms with Crippen molar-refractivity contribution in [2.24, 2.45) is 5.92 Å². The van der Waals surface area contributed by atoms with E-state index in [2.05, 4.69) is 141 Å². The molecule has 0 amide bonds. The normalized spacial score (nSPS) is 12.8. The molecule has 2 nitrogen and oxygen atoms in total. The standard InChI is InChI=1S/C40H39NO.2C2H6/c1-5-7-8-14-28(3)27-31-15-11-19-35(34(31)13-6-2)30-22-24-32(25-23-30)41-37-20-10-9-18-36(37)39-38(41)26-21-29(4)40(39)42-33-16-12-17-33;2*1-2/h5,7-12,14-15,18-26,28H,6,13,16,27H2,1-4H3;2*1-2H3/b7-5-,14-8-;;. The lowest BCUT2D eigenvalue weighted by molar-refractivity contribution is 0.411. The van der Waals surface area contributed by atoms with Gasteiger partial charge in [-0.05, 0) is 90.8 Å². The van der Waals surface area contributed by atoms with E-state index in [0.717, 1.165) is 59.3 Å². The summed E-state index contributed by atoms with van der Waals surface area (Å²) in [6, 6.07) is 29.0. The zero-order chi connectivity index (χ0) is 33.1. The van der Waals surface area contributed by atoms with Gasteiger partial charge in [-0.2, -0.15) is 0 Å². The molecule has 46 heavy (non-hydrogen) atoms. The maximum Gasteiger partial charge on any atom is 0.150 e. The van der Waals surface area contributed by atoms with Gasteiger partial charge in [-0.1, -0.05) is 133 Å². The lowest BCUT2D eigenvalue weighted by Gasteiger charge is -2.17.